The van der Waals surface area contributed by atoms with E-state index in [2.05, 4.69) is 64.2 Å². The molecular formula is C22H27BrN2O4. The lowest BCUT2D eigenvalue weighted by Crippen LogP contribution is -2.30. The van der Waals surface area contributed by atoms with Gasteiger partial charge in [-0.3, -0.25) is 0 Å². The Balaban J connectivity index is 1.74. The van der Waals surface area contributed by atoms with E-state index in [0.29, 0.717) is 30.8 Å². The third-order valence-electron chi connectivity index (χ3n) is 4.20. The maximum Gasteiger partial charge on any atom is 0.337 e. The summed E-state index contributed by atoms with van der Waals surface area (Å²) >= 11 is 3.55. The lowest BCUT2D eigenvalue weighted by atomic mass is 9.87. The maximum atomic E-state index is 12.0. The van der Waals surface area contributed by atoms with Gasteiger partial charge in [-0.25, -0.2) is 9.59 Å². The van der Waals surface area contributed by atoms with Crippen LogP contribution in [-0.2, 0) is 10.2 Å². The van der Waals surface area contributed by atoms with Crippen LogP contribution in [0.3, 0.4) is 0 Å². The highest BCUT2D eigenvalue weighted by atomic mass is 79.9. The van der Waals surface area contributed by atoms with Gasteiger partial charge in [0.15, 0.2) is 0 Å². The molecule has 2 rings (SSSR count). The molecule has 7 heteroatoms. The fourth-order valence-corrected chi connectivity index (χ4v) is 3.05. The van der Waals surface area contributed by atoms with E-state index in [0.717, 1.165) is 10.2 Å². The molecule has 6 nitrogen and oxygen atoms in total. The summed E-state index contributed by atoms with van der Waals surface area (Å²) in [6.45, 7) is 7.43. The van der Waals surface area contributed by atoms with Crippen LogP contribution in [-0.4, -0.2) is 32.3 Å². The minimum atomic E-state index is -0.451. The number of ether oxygens (including phenoxy) is 2. The minimum Gasteiger partial charge on any atom is -0.492 e. The lowest BCUT2D eigenvalue weighted by Gasteiger charge is -2.20. The normalized spacial score (nSPS) is 10.9. The average molecular weight is 463 g/mol. The maximum absolute atomic E-state index is 12.0. The average Bonchev–Trinajstić information content (AvgIpc) is 2.67. The first kappa shape index (κ1) is 22.7. The van der Waals surface area contributed by atoms with Crippen LogP contribution in [0.2, 0.25) is 0 Å². The topological polar surface area (TPSA) is 76.7 Å². The molecule has 0 fully saturated rings. The molecule has 2 aromatic carbocycles. The SMILES string of the molecule is COC(=O)c1cccc(NC(=O)NCCCOc2ccc(C(C)(C)C)cc2Br)c1. The third kappa shape index (κ3) is 7.09. The van der Waals surface area contributed by atoms with Gasteiger partial charge in [0, 0.05) is 12.2 Å². The van der Waals surface area contributed by atoms with E-state index in [-0.39, 0.29) is 11.4 Å². The Labute approximate surface area is 180 Å². The van der Waals surface area contributed by atoms with Crippen LogP contribution in [0.1, 0.15) is 43.1 Å². The van der Waals surface area contributed by atoms with Gasteiger partial charge < -0.3 is 20.1 Å². The molecule has 29 heavy (non-hydrogen) atoms. The summed E-state index contributed by atoms with van der Waals surface area (Å²) in [5.41, 5.74) is 2.20. The number of anilines is 1. The number of methoxy groups -OCH3 is 1. The molecule has 156 valence electrons. The van der Waals surface area contributed by atoms with E-state index in [1.54, 1.807) is 24.3 Å². The molecule has 0 unspecified atom stereocenters. The Bertz CT molecular complexity index is 862. The van der Waals surface area contributed by atoms with Gasteiger partial charge in [0.25, 0.3) is 0 Å². The standard InChI is InChI=1S/C22H27BrN2O4/c1-22(2,3)16-9-10-19(18(23)14-16)29-12-6-11-24-21(27)25-17-8-5-7-15(13-17)20(26)28-4/h5,7-10,13-14H,6,11-12H2,1-4H3,(H2,24,25,27). The molecule has 0 bridgehead atoms. The number of rotatable bonds is 7. The van der Waals surface area contributed by atoms with Gasteiger partial charge in [0.05, 0.1) is 23.8 Å². The molecule has 0 saturated carbocycles. The molecule has 0 aromatic heterocycles. The van der Waals surface area contributed by atoms with Crippen molar-refractivity contribution in [3.8, 4) is 5.75 Å². The number of hydrogen-bond acceptors (Lipinski definition) is 4. The molecule has 2 aromatic rings. The predicted octanol–water partition coefficient (Wildman–Crippen LogP) is 5.12. The molecule has 0 aliphatic heterocycles. The van der Waals surface area contributed by atoms with Crippen LogP contribution in [0.5, 0.6) is 5.75 Å². The number of nitrogens with one attached hydrogen (secondary N) is 2. The highest BCUT2D eigenvalue weighted by molar-refractivity contribution is 9.10. The Kier molecular flexibility index (Phi) is 8.08. The number of benzene rings is 2. The summed E-state index contributed by atoms with van der Waals surface area (Å²) in [5, 5.41) is 5.46. The molecule has 0 spiro atoms. The van der Waals surface area contributed by atoms with Crippen molar-refractivity contribution in [2.45, 2.75) is 32.6 Å². The Morgan fingerprint density at radius 3 is 2.52 bits per heavy atom. The summed E-state index contributed by atoms with van der Waals surface area (Å²) in [7, 11) is 1.31. The number of halogens is 1. The second-order valence-electron chi connectivity index (χ2n) is 7.55. The van der Waals surface area contributed by atoms with Gasteiger partial charge in [0.2, 0.25) is 0 Å². The van der Waals surface area contributed by atoms with Crippen LogP contribution in [0, 0.1) is 0 Å². The van der Waals surface area contributed by atoms with Crippen LogP contribution in [0.4, 0.5) is 10.5 Å². The van der Waals surface area contributed by atoms with E-state index >= 15 is 0 Å². The Morgan fingerprint density at radius 1 is 1.10 bits per heavy atom. The van der Waals surface area contributed by atoms with Crippen molar-refractivity contribution in [3.05, 3.63) is 58.1 Å². The van der Waals surface area contributed by atoms with Crippen molar-refractivity contribution in [1.82, 2.24) is 5.32 Å². The lowest BCUT2D eigenvalue weighted by molar-refractivity contribution is 0.0600. The predicted molar refractivity (Wildman–Crippen MR) is 118 cm³/mol. The van der Waals surface area contributed by atoms with E-state index in [1.165, 1.54) is 12.7 Å². The number of hydrogen-bond donors (Lipinski definition) is 2. The molecule has 0 aliphatic rings. The van der Waals surface area contributed by atoms with Gasteiger partial charge in [-0.05, 0) is 63.7 Å². The first-order valence-corrected chi connectivity index (χ1v) is 10.2. The van der Waals surface area contributed by atoms with Crippen LogP contribution < -0.4 is 15.4 Å². The van der Waals surface area contributed by atoms with Crippen molar-refractivity contribution >= 4 is 33.6 Å². The van der Waals surface area contributed by atoms with Gasteiger partial charge in [-0.1, -0.05) is 32.9 Å². The fraction of sp³-hybridized carbons (Fsp3) is 0.364. The van der Waals surface area contributed by atoms with Crippen molar-refractivity contribution < 1.29 is 19.1 Å². The number of urea groups is 1. The van der Waals surface area contributed by atoms with Crippen molar-refractivity contribution in [3.63, 3.8) is 0 Å². The molecule has 0 saturated heterocycles. The van der Waals surface area contributed by atoms with Crippen molar-refractivity contribution in [1.29, 1.82) is 0 Å². The van der Waals surface area contributed by atoms with Gasteiger partial charge in [-0.15, -0.1) is 0 Å². The van der Waals surface area contributed by atoms with Crippen molar-refractivity contribution in [2.75, 3.05) is 25.6 Å². The van der Waals surface area contributed by atoms with E-state index < -0.39 is 5.97 Å². The van der Waals surface area contributed by atoms with Gasteiger partial charge >= 0.3 is 12.0 Å². The summed E-state index contributed by atoms with van der Waals surface area (Å²) in [4.78, 5) is 23.5. The van der Waals surface area contributed by atoms with Crippen LogP contribution >= 0.6 is 15.9 Å². The molecule has 0 radical (unpaired) electrons. The zero-order valence-corrected chi connectivity index (χ0v) is 18.8. The monoisotopic (exact) mass is 462 g/mol. The van der Waals surface area contributed by atoms with Crippen LogP contribution in [0.25, 0.3) is 0 Å². The molecule has 0 heterocycles. The summed E-state index contributed by atoms with van der Waals surface area (Å²) in [5.74, 6) is 0.329. The molecule has 2 amide bonds. The third-order valence-corrected chi connectivity index (χ3v) is 4.82. The Morgan fingerprint density at radius 2 is 1.86 bits per heavy atom. The highest BCUT2D eigenvalue weighted by Crippen LogP contribution is 2.31. The van der Waals surface area contributed by atoms with Gasteiger partial charge in [0.1, 0.15) is 5.75 Å². The first-order chi connectivity index (χ1) is 13.7. The van der Waals surface area contributed by atoms with Crippen LogP contribution in [0.15, 0.2) is 46.9 Å². The smallest absolute Gasteiger partial charge is 0.337 e. The number of carbonyl (C=O) groups is 2. The highest BCUT2D eigenvalue weighted by Gasteiger charge is 2.15. The molecule has 0 aliphatic carbocycles. The zero-order chi connectivity index (χ0) is 21.4. The van der Waals surface area contributed by atoms with E-state index in [9.17, 15) is 9.59 Å². The van der Waals surface area contributed by atoms with Crippen molar-refractivity contribution in [2.24, 2.45) is 0 Å². The summed E-state index contributed by atoms with van der Waals surface area (Å²) in [6.07, 6.45) is 0.656. The Hall–Kier alpha value is -2.54. The van der Waals surface area contributed by atoms with Gasteiger partial charge in [-0.2, -0.15) is 0 Å². The zero-order valence-electron chi connectivity index (χ0n) is 17.2. The molecular weight excluding hydrogens is 436 g/mol. The van der Waals surface area contributed by atoms with E-state index in [4.69, 9.17) is 4.74 Å². The summed E-state index contributed by atoms with van der Waals surface area (Å²) < 4.78 is 11.4. The number of amides is 2. The number of carbonyl (C=O) groups excluding carboxylic acids is 2. The summed E-state index contributed by atoms with van der Waals surface area (Å²) in [6, 6.07) is 12.3. The quantitative estimate of drug-likeness (QED) is 0.441. The second kappa shape index (κ2) is 10.3. The minimum absolute atomic E-state index is 0.0781. The second-order valence-corrected chi connectivity index (χ2v) is 8.40. The number of esters is 1. The molecule has 2 N–H and O–H groups in total. The molecule has 0 atom stereocenters. The van der Waals surface area contributed by atoms with E-state index in [1.807, 2.05) is 6.07 Å². The fourth-order valence-electron chi connectivity index (χ4n) is 2.56. The largest absolute Gasteiger partial charge is 0.492 e. The first-order valence-electron chi connectivity index (χ1n) is 9.37.